The molecule has 7 nitrogen and oxygen atoms in total. The lowest BCUT2D eigenvalue weighted by molar-refractivity contribution is 0.104. The predicted molar refractivity (Wildman–Crippen MR) is 84.7 cm³/mol. The SMILES string of the molecule is O=S(=O)(O)C[C@@H]1COc2ccc(S(=O)(=O)c3ccccc3)cc2O1. The van der Waals surface area contributed by atoms with Crippen LogP contribution in [0.1, 0.15) is 0 Å². The van der Waals surface area contributed by atoms with Crippen molar-refractivity contribution in [2.75, 3.05) is 12.4 Å². The van der Waals surface area contributed by atoms with E-state index in [-0.39, 0.29) is 22.1 Å². The molecule has 128 valence electrons. The fourth-order valence-corrected chi connectivity index (χ4v) is 4.25. The summed E-state index contributed by atoms with van der Waals surface area (Å²) in [5.74, 6) is -0.206. The molecule has 1 aliphatic rings. The number of fused-ring (bicyclic) bond motifs is 1. The summed E-state index contributed by atoms with van der Waals surface area (Å²) >= 11 is 0. The smallest absolute Gasteiger partial charge is 0.268 e. The van der Waals surface area contributed by atoms with Crippen LogP contribution in [0.15, 0.2) is 58.3 Å². The van der Waals surface area contributed by atoms with Crippen LogP contribution >= 0.6 is 0 Å². The van der Waals surface area contributed by atoms with Gasteiger partial charge in [0, 0.05) is 6.07 Å². The van der Waals surface area contributed by atoms with Crippen molar-refractivity contribution in [3.63, 3.8) is 0 Å². The number of benzene rings is 2. The van der Waals surface area contributed by atoms with Gasteiger partial charge in [0.15, 0.2) is 11.5 Å². The second-order valence-corrected chi connectivity index (χ2v) is 8.67. The molecule has 1 atom stereocenters. The number of rotatable bonds is 4. The molecule has 1 aliphatic heterocycles. The van der Waals surface area contributed by atoms with E-state index in [2.05, 4.69) is 0 Å². The minimum absolute atomic E-state index is 0.00329. The Morgan fingerprint density at radius 2 is 1.67 bits per heavy atom. The van der Waals surface area contributed by atoms with Gasteiger partial charge in [-0.1, -0.05) is 18.2 Å². The van der Waals surface area contributed by atoms with E-state index < -0.39 is 31.8 Å². The number of ether oxygens (including phenoxy) is 2. The van der Waals surface area contributed by atoms with Gasteiger partial charge in [-0.15, -0.1) is 0 Å². The molecule has 0 fully saturated rings. The summed E-state index contributed by atoms with van der Waals surface area (Å²) in [6.45, 7) is -0.0580. The summed E-state index contributed by atoms with van der Waals surface area (Å²) < 4.78 is 66.8. The molecule has 0 aliphatic carbocycles. The molecule has 9 heteroatoms. The summed E-state index contributed by atoms with van der Waals surface area (Å²) in [5.41, 5.74) is 0. The van der Waals surface area contributed by atoms with E-state index in [0.717, 1.165) is 0 Å². The van der Waals surface area contributed by atoms with Crippen molar-refractivity contribution in [1.82, 2.24) is 0 Å². The number of hydrogen-bond donors (Lipinski definition) is 1. The summed E-state index contributed by atoms with van der Waals surface area (Å²) in [5, 5.41) is 0. The summed E-state index contributed by atoms with van der Waals surface area (Å²) in [6.07, 6.45) is -0.915. The van der Waals surface area contributed by atoms with Crippen molar-refractivity contribution < 1.29 is 30.9 Å². The van der Waals surface area contributed by atoms with Gasteiger partial charge in [-0.2, -0.15) is 8.42 Å². The van der Waals surface area contributed by atoms with Gasteiger partial charge in [0.2, 0.25) is 9.84 Å². The molecule has 24 heavy (non-hydrogen) atoms. The minimum Gasteiger partial charge on any atom is -0.486 e. The molecule has 0 amide bonds. The highest BCUT2D eigenvalue weighted by Gasteiger charge is 2.27. The average Bonchev–Trinajstić information content (AvgIpc) is 2.53. The van der Waals surface area contributed by atoms with Crippen LogP contribution in [-0.4, -0.2) is 39.9 Å². The molecule has 0 spiro atoms. The van der Waals surface area contributed by atoms with Crippen LogP contribution in [0.3, 0.4) is 0 Å². The minimum atomic E-state index is -4.23. The standard InChI is InChI=1S/C15H14O7S2/c16-23(17,18)10-11-9-21-14-7-6-13(8-15(14)22-11)24(19,20)12-4-2-1-3-5-12/h1-8,11H,9-10H2,(H,16,17,18)/t11-/m0/s1. The molecule has 0 aromatic heterocycles. The third-order valence-corrected chi connectivity index (χ3v) is 5.95. The number of hydrogen-bond acceptors (Lipinski definition) is 6. The third-order valence-electron chi connectivity index (χ3n) is 3.39. The fourth-order valence-electron chi connectivity index (χ4n) is 2.32. The van der Waals surface area contributed by atoms with Gasteiger partial charge in [-0.25, -0.2) is 8.42 Å². The van der Waals surface area contributed by atoms with Gasteiger partial charge >= 0.3 is 0 Å². The highest BCUT2D eigenvalue weighted by Crippen LogP contribution is 2.35. The first kappa shape index (κ1) is 16.7. The van der Waals surface area contributed by atoms with Crippen LogP contribution in [-0.2, 0) is 20.0 Å². The van der Waals surface area contributed by atoms with Crippen molar-refractivity contribution in [2.45, 2.75) is 15.9 Å². The van der Waals surface area contributed by atoms with Gasteiger partial charge in [-0.3, -0.25) is 4.55 Å². The molecule has 0 unspecified atom stereocenters. The normalized spacial score (nSPS) is 17.5. The summed E-state index contributed by atoms with van der Waals surface area (Å²) in [7, 11) is -7.96. The first-order valence-electron chi connectivity index (χ1n) is 6.94. The Morgan fingerprint density at radius 1 is 0.958 bits per heavy atom. The molecule has 0 radical (unpaired) electrons. The first-order valence-corrected chi connectivity index (χ1v) is 10.0. The number of sulfone groups is 1. The van der Waals surface area contributed by atoms with Gasteiger partial charge in [-0.05, 0) is 24.3 Å². The Kier molecular flexibility index (Phi) is 4.24. The topological polar surface area (TPSA) is 107 Å². The largest absolute Gasteiger partial charge is 0.486 e. The Morgan fingerprint density at radius 3 is 2.33 bits per heavy atom. The van der Waals surface area contributed by atoms with Crippen molar-refractivity contribution in [3.05, 3.63) is 48.5 Å². The van der Waals surface area contributed by atoms with Gasteiger partial charge in [0.1, 0.15) is 18.5 Å². The highest BCUT2D eigenvalue weighted by atomic mass is 32.2. The zero-order valence-electron chi connectivity index (χ0n) is 12.3. The first-order chi connectivity index (χ1) is 11.3. The van der Waals surface area contributed by atoms with E-state index >= 15 is 0 Å². The Bertz CT molecular complexity index is 951. The van der Waals surface area contributed by atoms with Crippen LogP contribution < -0.4 is 9.47 Å². The maximum atomic E-state index is 12.6. The van der Waals surface area contributed by atoms with E-state index in [4.69, 9.17) is 14.0 Å². The van der Waals surface area contributed by atoms with E-state index in [9.17, 15) is 16.8 Å². The molecular weight excluding hydrogens is 356 g/mol. The molecule has 2 aromatic rings. The van der Waals surface area contributed by atoms with E-state index in [1.165, 1.54) is 30.3 Å². The zero-order chi connectivity index (χ0) is 17.4. The monoisotopic (exact) mass is 370 g/mol. The Balaban J connectivity index is 1.93. The maximum Gasteiger partial charge on any atom is 0.268 e. The van der Waals surface area contributed by atoms with Crippen molar-refractivity contribution >= 4 is 20.0 Å². The average molecular weight is 370 g/mol. The van der Waals surface area contributed by atoms with Gasteiger partial charge in [0.05, 0.1) is 9.79 Å². The lowest BCUT2D eigenvalue weighted by atomic mass is 10.3. The molecule has 0 bridgehead atoms. The van der Waals surface area contributed by atoms with Crippen LogP contribution in [0.25, 0.3) is 0 Å². The second-order valence-electron chi connectivity index (χ2n) is 5.22. The summed E-state index contributed by atoms with van der Waals surface area (Å²) in [4.78, 5) is 0.139. The molecular formula is C15H14O7S2. The Hall–Kier alpha value is -2.10. The van der Waals surface area contributed by atoms with Crippen molar-refractivity contribution in [3.8, 4) is 11.5 Å². The van der Waals surface area contributed by atoms with Crippen LogP contribution in [0, 0.1) is 0 Å². The van der Waals surface area contributed by atoms with Crippen LogP contribution in [0.5, 0.6) is 11.5 Å². The van der Waals surface area contributed by atoms with Crippen molar-refractivity contribution in [1.29, 1.82) is 0 Å². The van der Waals surface area contributed by atoms with Crippen LogP contribution in [0.4, 0.5) is 0 Å². The third kappa shape index (κ3) is 3.53. The quantitative estimate of drug-likeness (QED) is 0.814. The molecule has 2 aromatic carbocycles. The lowest BCUT2D eigenvalue weighted by Crippen LogP contribution is -2.35. The molecule has 1 N–H and O–H groups in total. The van der Waals surface area contributed by atoms with Gasteiger partial charge < -0.3 is 9.47 Å². The summed E-state index contributed by atoms with van der Waals surface area (Å²) in [6, 6.07) is 12.0. The fraction of sp³-hybridized carbons (Fsp3) is 0.200. The van der Waals surface area contributed by atoms with Crippen molar-refractivity contribution in [2.24, 2.45) is 0 Å². The highest BCUT2D eigenvalue weighted by molar-refractivity contribution is 7.91. The maximum absolute atomic E-state index is 12.6. The molecule has 3 rings (SSSR count). The Labute approximate surface area is 139 Å². The predicted octanol–water partition coefficient (Wildman–Crippen LogP) is 1.55. The van der Waals surface area contributed by atoms with E-state index in [0.29, 0.717) is 5.75 Å². The van der Waals surface area contributed by atoms with E-state index in [1.807, 2.05) is 0 Å². The molecule has 1 heterocycles. The zero-order valence-corrected chi connectivity index (χ0v) is 14.0. The second kappa shape index (κ2) is 6.08. The molecule has 0 saturated heterocycles. The molecule has 0 saturated carbocycles. The lowest BCUT2D eigenvalue weighted by Gasteiger charge is -2.26. The van der Waals surface area contributed by atoms with E-state index in [1.54, 1.807) is 18.2 Å². The van der Waals surface area contributed by atoms with Gasteiger partial charge in [0.25, 0.3) is 10.1 Å². The van der Waals surface area contributed by atoms with Crippen LogP contribution in [0.2, 0.25) is 0 Å².